The molecule has 2 aromatic carbocycles. The number of ether oxygens (including phenoxy) is 2. The van der Waals surface area contributed by atoms with E-state index in [1.54, 1.807) is 13.0 Å². The van der Waals surface area contributed by atoms with Crippen LogP contribution in [0.5, 0.6) is 11.5 Å². The van der Waals surface area contributed by atoms with Gasteiger partial charge in [0.15, 0.2) is 17.3 Å². The van der Waals surface area contributed by atoms with Crippen molar-refractivity contribution in [2.75, 3.05) is 39.3 Å². The van der Waals surface area contributed by atoms with Gasteiger partial charge in [0.2, 0.25) is 0 Å². The van der Waals surface area contributed by atoms with Crippen LogP contribution in [-0.4, -0.2) is 58.3 Å². The van der Waals surface area contributed by atoms with Crippen LogP contribution in [0.4, 0.5) is 19.3 Å². The number of halogens is 2. The van der Waals surface area contributed by atoms with Crippen molar-refractivity contribution in [2.45, 2.75) is 38.4 Å². The van der Waals surface area contributed by atoms with Crippen molar-refractivity contribution in [3.05, 3.63) is 52.8 Å². The minimum Gasteiger partial charge on any atom is -0.493 e. The van der Waals surface area contributed by atoms with E-state index in [0.717, 1.165) is 5.69 Å². The fourth-order valence-corrected chi connectivity index (χ4v) is 4.17. The van der Waals surface area contributed by atoms with Gasteiger partial charge in [-0.25, -0.2) is 13.6 Å². The summed E-state index contributed by atoms with van der Waals surface area (Å²) in [6, 6.07) is 8.22. The number of rotatable bonds is 8. The van der Waals surface area contributed by atoms with Crippen molar-refractivity contribution in [3.8, 4) is 11.5 Å². The van der Waals surface area contributed by atoms with Gasteiger partial charge in [-0.15, -0.1) is 0 Å². The van der Waals surface area contributed by atoms with E-state index in [1.807, 2.05) is 24.3 Å². The predicted molar refractivity (Wildman–Crippen MR) is 129 cm³/mol. The molecule has 2 amide bonds. The predicted octanol–water partition coefficient (Wildman–Crippen LogP) is 4.06. The average molecular weight is 475 g/mol. The number of carbonyl (C=O) groups is 1. The Balaban J connectivity index is 1.94. The molecule has 0 spiro atoms. The molecule has 34 heavy (non-hydrogen) atoms. The van der Waals surface area contributed by atoms with E-state index < -0.39 is 18.0 Å². The van der Waals surface area contributed by atoms with Crippen LogP contribution in [-0.2, 0) is 6.42 Å². The summed E-state index contributed by atoms with van der Waals surface area (Å²) in [7, 11) is 4.27. The van der Waals surface area contributed by atoms with E-state index >= 15 is 4.39 Å². The summed E-state index contributed by atoms with van der Waals surface area (Å²) in [6.07, 6.45) is 0.415. The Hall–Kier alpha value is -3.36. The Morgan fingerprint density at radius 3 is 2.41 bits per heavy atom. The maximum Gasteiger partial charge on any atom is 0.314 e. The van der Waals surface area contributed by atoms with Crippen molar-refractivity contribution in [2.24, 2.45) is 0 Å². The molecule has 2 aromatic rings. The number of anilines is 1. The van der Waals surface area contributed by atoms with E-state index in [-0.39, 0.29) is 35.2 Å². The van der Waals surface area contributed by atoms with Crippen molar-refractivity contribution in [3.63, 3.8) is 0 Å². The highest BCUT2D eigenvalue weighted by molar-refractivity contribution is 6.12. The topological polar surface area (TPSA) is 86.7 Å². The van der Waals surface area contributed by atoms with E-state index in [0.29, 0.717) is 37.1 Å². The molecule has 1 atom stereocenters. The molecule has 184 valence electrons. The lowest BCUT2D eigenvalue weighted by atomic mass is 9.92. The second kappa shape index (κ2) is 11.2. The van der Waals surface area contributed by atoms with Gasteiger partial charge >= 0.3 is 6.03 Å². The van der Waals surface area contributed by atoms with Crippen molar-refractivity contribution < 1.29 is 23.0 Å². The maximum atomic E-state index is 15.5. The Morgan fingerprint density at radius 2 is 1.85 bits per heavy atom. The number of carbonyl (C=O) groups excluding carboxylic acids is 1. The third kappa shape index (κ3) is 5.58. The first-order valence-corrected chi connectivity index (χ1v) is 11.3. The molecular weight excluding hydrogens is 442 g/mol. The smallest absolute Gasteiger partial charge is 0.314 e. The van der Waals surface area contributed by atoms with Crippen LogP contribution in [0.1, 0.15) is 36.5 Å². The second-order valence-corrected chi connectivity index (χ2v) is 8.36. The Morgan fingerprint density at radius 1 is 1.21 bits per heavy atom. The van der Waals surface area contributed by atoms with Gasteiger partial charge in [-0.2, -0.15) is 0 Å². The third-order valence-corrected chi connectivity index (χ3v) is 6.04. The quantitative estimate of drug-likeness (QED) is 0.504. The molecule has 7 nitrogen and oxygen atoms in total. The normalized spacial score (nSPS) is 14.9. The summed E-state index contributed by atoms with van der Waals surface area (Å²) in [5, 5.41) is 14.1. The Bertz CT molecular complexity index is 1020. The van der Waals surface area contributed by atoms with Gasteiger partial charge in [-0.3, -0.25) is 5.41 Å². The van der Waals surface area contributed by atoms with Crippen LogP contribution < -0.4 is 25.0 Å². The molecule has 0 bridgehead atoms. The molecule has 1 heterocycles. The monoisotopic (exact) mass is 474 g/mol. The standard InChI is InChI=1S/C25H32F2N4O3/c1-15(30-25(32)29-2)13-19-20(14-21(33-3)24(34-4)22(19)27)23(28)16-5-7-18(8-6-16)31-11-9-17(26)10-12-31/h5-8,14-15,17,28H,9-13H2,1-4H3,(H2,29,30,32)/t15-/m0/s1. The molecule has 0 radical (unpaired) electrons. The molecule has 3 rings (SSSR count). The van der Waals surface area contributed by atoms with Gasteiger partial charge in [-0.1, -0.05) is 12.1 Å². The molecule has 3 N–H and O–H groups in total. The number of benzene rings is 2. The van der Waals surface area contributed by atoms with E-state index in [9.17, 15) is 9.18 Å². The van der Waals surface area contributed by atoms with Crippen molar-refractivity contribution in [1.29, 1.82) is 5.41 Å². The minimum absolute atomic E-state index is 0.0483. The second-order valence-electron chi connectivity index (χ2n) is 8.36. The summed E-state index contributed by atoms with van der Waals surface area (Å²) in [5.41, 5.74) is 2.29. The lowest BCUT2D eigenvalue weighted by molar-refractivity contribution is 0.239. The maximum absolute atomic E-state index is 15.5. The molecule has 1 aliphatic rings. The van der Waals surface area contributed by atoms with E-state index in [2.05, 4.69) is 15.5 Å². The Labute approximate surface area is 198 Å². The molecule has 1 fully saturated rings. The number of hydrogen-bond acceptors (Lipinski definition) is 5. The third-order valence-electron chi connectivity index (χ3n) is 6.04. The molecule has 0 saturated carbocycles. The first-order chi connectivity index (χ1) is 16.3. The number of hydrogen-bond donors (Lipinski definition) is 3. The van der Waals surface area contributed by atoms with Gasteiger partial charge in [0.05, 0.1) is 19.9 Å². The zero-order valence-electron chi connectivity index (χ0n) is 20.0. The molecular formula is C25H32F2N4O3. The number of alkyl halides is 1. The highest BCUT2D eigenvalue weighted by atomic mass is 19.1. The highest BCUT2D eigenvalue weighted by Crippen LogP contribution is 2.36. The van der Waals surface area contributed by atoms with Crippen molar-refractivity contribution in [1.82, 2.24) is 10.6 Å². The van der Waals surface area contributed by atoms with Crippen LogP contribution in [0.3, 0.4) is 0 Å². The zero-order valence-corrected chi connectivity index (χ0v) is 20.0. The fourth-order valence-electron chi connectivity index (χ4n) is 4.17. The minimum atomic E-state index is -0.748. The number of piperidine rings is 1. The number of nitrogens with one attached hydrogen (secondary N) is 3. The van der Waals surface area contributed by atoms with Crippen LogP contribution in [0.15, 0.2) is 30.3 Å². The fraction of sp³-hybridized carbons (Fsp3) is 0.440. The first-order valence-electron chi connectivity index (χ1n) is 11.3. The molecule has 0 unspecified atom stereocenters. The van der Waals surface area contributed by atoms with Gasteiger partial charge < -0.3 is 25.0 Å². The average Bonchev–Trinajstić information content (AvgIpc) is 2.85. The largest absolute Gasteiger partial charge is 0.493 e. The number of methoxy groups -OCH3 is 2. The number of amides is 2. The summed E-state index contributed by atoms with van der Waals surface area (Å²) >= 11 is 0. The molecule has 1 aliphatic heterocycles. The lowest BCUT2D eigenvalue weighted by Gasteiger charge is -2.30. The van der Waals surface area contributed by atoms with Crippen LogP contribution >= 0.6 is 0 Å². The SMILES string of the molecule is CNC(=O)N[C@@H](C)Cc1c(C(=N)c2ccc(N3CCC(F)CC3)cc2)cc(OC)c(OC)c1F. The number of nitrogens with zero attached hydrogens (tertiary/aromatic N) is 1. The summed E-state index contributed by atoms with van der Waals surface area (Å²) in [6.45, 7) is 3.06. The van der Waals surface area contributed by atoms with Crippen LogP contribution in [0, 0.1) is 11.2 Å². The first kappa shape index (κ1) is 25.3. The van der Waals surface area contributed by atoms with E-state index in [1.165, 1.54) is 21.3 Å². The zero-order chi connectivity index (χ0) is 24.8. The molecule has 0 aliphatic carbocycles. The van der Waals surface area contributed by atoms with Gasteiger partial charge in [0.1, 0.15) is 6.17 Å². The van der Waals surface area contributed by atoms with Crippen LogP contribution in [0.2, 0.25) is 0 Å². The van der Waals surface area contributed by atoms with E-state index in [4.69, 9.17) is 14.9 Å². The lowest BCUT2D eigenvalue weighted by Crippen LogP contribution is -2.40. The molecule has 0 aromatic heterocycles. The van der Waals surface area contributed by atoms with Gasteiger partial charge in [0, 0.05) is 48.6 Å². The molecule has 9 heteroatoms. The highest BCUT2D eigenvalue weighted by Gasteiger charge is 2.25. The summed E-state index contributed by atoms with van der Waals surface area (Å²) < 4.78 is 39.5. The summed E-state index contributed by atoms with van der Waals surface area (Å²) in [5.74, 6) is -0.494. The van der Waals surface area contributed by atoms with Crippen LogP contribution in [0.25, 0.3) is 0 Å². The summed E-state index contributed by atoms with van der Waals surface area (Å²) in [4.78, 5) is 13.8. The number of urea groups is 1. The molecule has 1 saturated heterocycles. The van der Waals surface area contributed by atoms with Gasteiger partial charge in [0.25, 0.3) is 0 Å². The van der Waals surface area contributed by atoms with Gasteiger partial charge in [-0.05, 0) is 44.4 Å². The van der Waals surface area contributed by atoms with Crippen molar-refractivity contribution >= 4 is 17.4 Å². The Kier molecular flexibility index (Phi) is 8.31.